The van der Waals surface area contributed by atoms with Crippen LogP contribution in [0.25, 0.3) is 0 Å². The number of hydrogen-bond acceptors (Lipinski definition) is 4. The smallest absolute Gasteiger partial charge is 0.241 e. The van der Waals surface area contributed by atoms with Crippen molar-refractivity contribution in [3.63, 3.8) is 0 Å². The SMILES string of the molecule is CNC(=O)[C@@H](c1ccc(Cl)cc1)N1CCC[C@H]1C(=O)NCCN1CCCC1.Cl.Cl. The first-order valence-corrected chi connectivity index (χ1v) is 10.2. The minimum absolute atomic E-state index is 0. The van der Waals surface area contributed by atoms with Crippen LogP contribution in [-0.4, -0.2) is 67.4 Å². The number of carbonyl (C=O) groups excluding carboxylic acids is 2. The van der Waals surface area contributed by atoms with Gasteiger partial charge in [-0.3, -0.25) is 14.5 Å². The molecule has 1 aromatic rings. The maximum Gasteiger partial charge on any atom is 0.241 e. The first-order chi connectivity index (χ1) is 13.1. The zero-order chi connectivity index (χ0) is 19.2. The molecule has 6 nitrogen and oxygen atoms in total. The molecule has 164 valence electrons. The van der Waals surface area contributed by atoms with Crippen LogP contribution in [0, 0.1) is 0 Å². The van der Waals surface area contributed by atoms with Gasteiger partial charge >= 0.3 is 0 Å². The second-order valence-electron chi connectivity index (χ2n) is 7.30. The summed E-state index contributed by atoms with van der Waals surface area (Å²) >= 11 is 6.00. The number of rotatable bonds is 7. The highest BCUT2D eigenvalue weighted by Gasteiger charge is 2.39. The Kier molecular flexibility index (Phi) is 11.3. The molecule has 0 aliphatic carbocycles. The van der Waals surface area contributed by atoms with Gasteiger partial charge in [-0.2, -0.15) is 0 Å². The third-order valence-corrected chi connectivity index (χ3v) is 5.79. The fourth-order valence-electron chi connectivity index (χ4n) is 4.12. The van der Waals surface area contributed by atoms with E-state index < -0.39 is 6.04 Å². The fourth-order valence-corrected chi connectivity index (χ4v) is 4.24. The topological polar surface area (TPSA) is 64.7 Å². The van der Waals surface area contributed by atoms with Crippen molar-refractivity contribution in [3.05, 3.63) is 34.9 Å². The van der Waals surface area contributed by atoms with Gasteiger partial charge in [0, 0.05) is 31.7 Å². The van der Waals surface area contributed by atoms with Crippen LogP contribution in [0.15, 0.2) is 24.3 Å². The maximum absolute atomic E-state index is 12.8. The largest absolute Gasteiger partial charge is 0.358 e. The van der Waals surface area contributed by atoms with Crippen molar-refractivity contribution in [2.24, 2.45) is 0 Å². The fraction of sp³-hybridized carbons (Fsp3) is 0.600. The van der Waals surface area contributed by atoms with Crippen LogP contribution < -0.4 is 10.6 Å². The van der Waals surface area contributed by atoms with Gasteiger partial charge in [0.25, 0.3) is 0 Å². The lowest BCUT2D eigenvalue weighted by molar-refractivity contribution is -0.131. The number of amides is 2. The van der Waals surface area contributed by atoms with Gasteiger partial charge in [0.2, 0.25) is 11.8 Å². The van der Waals surface area contributed by atoms with Gasteiger partial charge in [-0.25, -0.2) is 0 Å². The minimum Gasteiger partial charge on any atom is -0.358 e. The third-order valence-electron chi connectivity index (χ3n) is 5.53. The Bertz CT molecular complexity index is 654. The van der Waals surface area contributed by atoms with Crippen LogP contribution in [0.4, 0.5) is 0 Å². The first kappa shape index (κ1) is 26.0. The molecule has 0 saturated carbocycles. The second kappa shape index (κ2) is 12.6. The van der Waals surface area contributed by atoms with Crippen molar-refractivity contribution < 1.29 is 9.59 Å². The monoisotopic (exact) mass is 464 g/mol. The number of nitrogens with one attached hydrogen (secondary N) is 2. The van der Waals surface area contributed by atoms with E-state index in [2.05, 4.69) is 15.5 Å². The highest BCUT2D eigenvalue weighted by atomic mass is 35.5. The van der Waals surface area contributed by atoms with Crippen LogP contribution >= 0.6 is 36.4 Å². The molecule has 1 aromatic carbocycles. The average molecular weight is 466 g/mol. The van der Waals surface area contributed by atoms with E-state index in [9.17, 15) is 9.59 Å². The van der Waals surface area contributed by atoms with E-state index in [0.29, 0.717) is 11.6 Å². The summed E-state index contributed by atoms with van der Waals surface area (Å²) in [6, 6.07) is 6.54. The maximum atomic E-state index is 12.8. The number of likely N-dealkylation sites (N-methyl/N-ethyl adjacent to an activating group) is 1. The third kappa shape index (κ3) is 6.72. The van der Waals surface area contributed by atoms with Gasteiger partial charge in [0.15, 0.2) is 0 Å². The van der Waals surface area contributed by atoms with E-state index >= 15 is 0 Å². The predicted octanol–water partition coefficient (Wildman–Crippen LogP) is 2.65. The Hall–Kier alpha value is -1.05. The van der Waals surface area contributed by atoms with E-state index in [4.69, 9.17) is 11.6 Å². The molecule has 9 heteroatoms. The summed E-state index contributed by atoms with van der Waals surface area (Å²) in [4.78, 5) is 29.8. The summed E-state index contributed by atoms with van der Waals surface area (Å²) in [5.41, 5.74) is 0.857. The summed E-state index contributed by atoms with van der Waals surface area (Å²) in [7, 11) is 1.63. The second-order valence-corrected chi connectivity index (χ2v) is 7.74. The van der Waals surface area contributed by atoms with Gasteiger partial charge in [-0.15, -0.1) is 24.8 Å². The molecule has 2 atom stereocenters. The summed E-state index contributed by atoms with van der Waals surface area (Å²) in [6.45, 7) is 4.54. The lowest BCUT2D eigenvalue weighted by atomic mass is 10.0. The molecule has 2 amide bonds. The quantitative estimate of drug-likeness (QED) is 0.650. The van der Waals surface area contributed by atoms with Crippen molar-refractivity contribution >= 4 is 48.2 Å². The van der Waals surface area contributed by atoms with E-state index in [1.807, 2.05) is 17.0 Å². The van der Waals surface area contributed by atoms with Gasteiger partial charge in [-0.1, -0.05) is 23.7 Å². The van der Waals surface area contributed by atoms with Crippen molar-refractivity contribution in [2.75, 3.05) is 39.8 Å². The number of halogens is 3. The Morgan fingerprint density at radius 3 is 2.38 bits per heavy atom. The number of carbonyl (C=O) groups is 2. The number of nitrogens with zero attached hydrogens (tertiary/aromatic N) is 2. The highest BCUT2D eigenvalue weighted by Crippen LogP contribution is 2.30. The summed E-state index contributed by atoms with van der Waals surface area (Å²) in [6.07, 6.45) is 4.18. The van der Waals surface area contributed by atoms with Gasteiger partial charge in [0.1, 0.15) is 6.04 Å². The average Bonchev–Trinajstić information content (AvgIpc) is 3.35. The first-order valence-electron chi connectivity index (χ1n) is 9.83. The molecule has 0 aromatic heterocycles. The summed E-state index contributed by atoms with van der Waals surface area (Å²) < 4.78 is 0. The molecule has 2 aliphatic heterocycles. The Labute approximate surface area is 190 Å². The van der Waals surface area contributed by atoms with Gasteiger partial charge in [-0.05, 0) is 56.5 Å². The van der Waals surface area contributed by atoms with Crippen LogP contribution in [0.3, 0.4) is 0 Å². The molecule has 2 heterocycles. The van der Waals surface area contributed by atoms with Crippen molar-refractivity contribution in [3.8, 4) is 0 Å². The Morgan fingerprint density at radius 1 is 1.10 bits per heavy atom. The van der Waals surface area contributed by atoms with E-state index in [1.54, 1.807) is 19.2 Å². The predicted molar refractivity (Wildman–Crippen MR) is 121 cm³/mol. The molecule has 2 N–H and O–H groups in total. The molecule has 0 bridgehead atoms. The molecular formula is C20H31Cl3N4O2. The number of likely N-dealkylation sites (tertiary alicyclic amines) is 2. The van der Waals surface area contributed by atoms with Crippen LogP contribution in [0.5, 0.6) is 0 Å². The summed E-state index contributed by atoms with van der Waals surface area (Å²) in [5, 5.41) is 6.45. The highest BCUT2D eigenvalue weighted by molar-refractivity contribution is 6.30. The molecule has 3 rings (SSSR count). The molecule has 29 heavy (non-hydrogen) atoms. The summed E-state index contributed by atoms with van der Waals surface area (Å²) in [5.74, 6) is -0.0800. The van der Waals surface area contributed by atoms with E-state index in [-0.39, 0.29) is 42.7 Å². The van der Waals surface area contributed by atoms with Crippen LogP contribution in [0.2, 0.25) is 5.02 Å². The van der Waals surface area contributed by atoms with Crippen LogP contribution in [-0.2, 0) is 9.59 Å². The van der Waals surface area contributed by atoms with E-state index in [0.717, 1.165) is 44.6 Å². The zero-order valence-corrected chi connectivity index (χ0v) is 19.1. The van der Waals surface area contributed by atoms with Crippen molar-refractivity contribution in [2.45, 2.75) is 37.8 Å². The molecule has 0 unspecified atom stereocenters. The zero-order valence-electron chi connectivity index (χ0n) is 16.7. The van der Waals surface area contributed by atoms with Gasteiger partial charge < -0.3 is 15.5 Å². The Balaban J connectivity index is 0.00000210. The number of hydrogen-bond donors (Lipinski definition) is 2. The van der Waals surface area contributed by atoms with Crippen LogP contribution in [0.1, 0.15) is 37.3 Å². The molecule has 0 spiro atoms. The normalized spacial score (nSPS) is 20.4. The number of benzene rings is 1. The molecule has 0 radical (unpaired) electrons. The molecular weight excluding hydrogens is 435 g/mol. The lowest BCUT2D eigenvalue weighted by Crippen LogP contribution is -2.49. The standard InChI is InChI=1S/C20H29ClN4O2.2ClH/c1-22-20(27)18(15-6-8-16(21)9-7-15)25-13-4-5-17(25)19(26)23-10-14-24-11-2-3-12-24;;/h6-9,17-18H,2-5,10-14H2,1H3,(H,22,27)(H,23,26);2*1H/t17-,18+;;/m0../s1. The molecule has 2 aliphatic rings. The van der Waals surface area contributed by atoms with Crippen molar-refractivity contribution in [1.82, 2.24) is 20.4 Å². The Morgan fingerprint density at radius 2 is 1.76 bits per heavy atom. The lowest BCUT2D eigenvalue weighted by Gasteiger charge is -2.31. The van der Waals surface area contributed by atoms with E-state index in [1.165, 1.54) is 12.8 Å². The van der Waals surface area contributed by atoms with Gasteiger partial charge in [0.05, 0.1) is 6.04 Å². The molecule has 2 fully saturated rings. The van der Waals surface area contributed by atoms with Crippen molar-refractivity contribution in [1.29, 1.82) is 0 Å². The molecule has 2 saturated heterocycles. The minimum atomic E-state index is -0.482.